The van der Waals surface area contributed by atoms with Crippen LogP contribution in [0, 0.1) is 5.82 Å². The second-order valence-electron chi connectivity index (χ2n) is 4.75. The molecule has 1 aromatic carbocycles. The highest BCUT2D eigenvalue weighted by atomic mass is 19.1. The van der Waals surface area contributed by atoms with E-state index in [-0.39, 0.29) is 18.2 Å². The highest BCUT2D eigenvalue weighted by Crippen LogP contribution is 2.23. The van der Waals surface area contributed by atoms with E-state index < -0.39 is 0 Å². The van der Waals surface area contributed by atoms with Crippen molar-refractivity contribution >= 4 is 5.65 Å². The van der Waals surface area contributed by atoms with Crippen molar-refractivity contribution in [3.05, 3.63) is 65.9 Å². The van der Waals surface area contributed by atoms with E-state index >= 15 is 0 Å². The summed E-state index contributed by atoms with van der Waals surface area (Å²) in [6, 6.07) is 10.7. The van der Waals surface area contributed by atoms with E-state index in [9.17, 15) is 4.39 Å². The number of rotatable bonds is 5. The lowest BCUT2D eigenvalue weighted by Crippen LogP contribution is -2.08. The van der Waals surface area contributed by atoms with Crippen LogP contribution in [0.15, 0.2) is 48.8 Å². The summed E-state index contributed by atoms with van der Waals surface area (Å²) in [4.78, 5) is 4.43. The molecule has 0 bridgehead atoms. The largest absolute Gasteiger partial charge is 0.484 e. The lowest BCUT2D eigenvalue weighted by molar-refractivity contribution is 0.282. The van der Waals surface area contributed by atoms with Crippen LogP contribution in [0.1, 0.15) is 11.3 Å². The molecule has 3 aromatic rings. The Balaban J connectivity index is 1.81. The molecule has 0 atom stereocenters. The van der Waals surface area contributed by atoms with Crippen LogP contribution in [-0.2, 0) is 13.2 Å². The molecule has 3 rings (SSSR count). The number of aromatic nitrogens is 2. The Morgan fingerprint density at radius 3 is 2.95 bits per heavy atom. The minimum atomic E-state index is -0.355. The zero-order valence-electron chi connectivity index (χ0n) is 11.7. The molecule has 0 amide bonds. The summed E-state index contributed by atoms with van der Waals surface area (Å²) < 4.78 is 21.5. The van der Waals surface area contributed by atoms with Crippen LogP contribution in [0.3, 0.4) is 0 Å². The Hall–Kier alpha value is -2.40. The fourth-order valence-electron chi connectivity index (χ4n) is 2.25. The summed E-state index contributed by atoms with van der Waals surface area (Å²) in [6.45, 7) is 0.789. The Labute approximate surface area is 122 Å². The lowest BCUT2D eigenvalue weighted by atomic mass is 10.2. The third-order valence-corrected chi connectivity index (χ3v) is 3.19. The summed E-state index contributed by atoms with van der Waals surface area (Å²) in [5.74, 6) is -0.0737. The van der Waals surface area contributed by atoms with Gasteiger partial charge in [0, 0.05) is 24.5 Å². The molecule has 0 aliphatic rings. The van der Waals surface area contributed by atoms with Crippen molar-refractivity contribution in [2.75, 3.05) is 7.05 Å². The zero-order valence-corrected chi connectivity index (χ0v) is 11.7. The molecule has 0 radical (unpaired) electrons. The Bertz CT molecular complexity index is 721. The number of fused-ring (bicyclic) bond motifs is 1. The minimum Gasteiger partial charge on any atom is -0.484 e. The average molecular weight is 285 g/mol. The van der Waals surface area contributed by atoms with Gasteiger partial charge in [0.25, 0.3) is 0 Å². The highest BCUT2D eigenvalue weighted by Gasteiger charge is 2.10. The number of pyridine rings is 1. The van der Waals surface area contributed by atoms with Crippen molar-refractivity contribution in [1.82, 2.24) is 14.7 Å². The third-order valence-electron chi connectivity index (χ3n) is 3.19. The molecule has 0 fully saturated rings. The molecule has 0 unspecified atom stereocenters. The topological polar surface area (TPSA) is 38.6 Å². The van der Waals surface area contributed by atoms with Gasteiger partial charge in [-0.05, 0) is 25.2 Å². The summed E-state index contributed by atoms with van der Waals surface area (Å²) in [5.41, 5.74) is 2.40. The Morgan fingerprint density at radius 2 is 2.14 bits per heavy atom. The number of halogens is 1. The second-order valence-corrected chi connectivity index (χ2v) is 4.75. The van der Waals surface area contributed by atoms with Gasteiger partial charge in [-0.25, -0.2) is 9.37 Å². The molecule has 108 valence electrons. The third kappa shape index (κ3) is 2.87. The van der Waals surface area contributed by atoms with Crippen LogP contribution in [0.5, 0.6) is 5.75 Å². The lowest BCUT2D eigenvalue weighted by Gasteiger charge is -2.11. The van der Waals surface area contributed by atoms with E-state index in [1.165, 1.54) is 6.07 Å². The van der Waals surface area contributed by atoms with E-state index in [4.69, 9.17) is 4.74 Å². The first-order chi connectivity index (χ1) is 10.3. The maximum absolute atomic E-state index is 13.9. The number of hydrogen-bond acceptors (Lipinski definition) is 3. The minimum absolute atomic E-state index is 0.235. The van der Waals surface area contributed by atoms with E-state index in [0.29, 0.717) is 6.54 Å². The van der Waals surface area contributed by atoms with Crippen LogP contribution in [0.4, 0.5) is 4.39 Å². The van der Waals surface area contributed by atoms with Crippen molar-refractivity contribution < 1.29 is 9.13 Å². The van der Waals surface area contributed by atoms with Gasteiger partial charge in [-0.1, -0.05) is 18.2 Å². The first-order valence-electron chi connectivity index (χ1n) is 6.75. The molecular formula is C16H16FN3O. The maximum Gasteiger partial charge on any atom is 0.165 e. The molecule has 0 aliphatic heterocycles. The number of nitrogens with zero attached hydrogens (tertiary/aromatic N) is 2. The Kier molecular flexibility index (Phi) is 3.83. The van der Waals surface area contributed by atoms with Gasteiger partial charge >= 0.3 is 0 Å². The standard InChI is InChI=1S/C16H16FN3O/c1-18-9-12-5-4-6-14(17)16(12)21-11-13-10-20-8-3-2-7-15(20)19-13/h2-8,10,18H,9,11H2,1H3. The molecule has 1 N–H and O–H groups in total. The molecule has 0 aliphatic carbocycles. The summed E-state index contributed by atoms with van der Waals surface area (Å²) >= 11 is 0. The van der Waals surface area contributed by atoms with Crippen LogP contribution in [-0.4, -0.2) is 16.4 Å². The number of para-hydroxylation sites is 1. The van der Waals surface area contributed by atoms with Gasteiger partial charge in [0.1, 0.15) is 12.3 Å². The van der Waals surface area contributed by atoms with Gasteiger partial charge in [0.05, 0.1) is 5.69 Å². The molecule has 0 spiro atoms. The quantitative estimate of drug-likeness (QED) is 0.783. The van der Waals surface area contributed by atoms with Crippen LogP contribution in [0.2, 0.25) is 0 Å². The number of nitrogens with one attached hydrogen (secondary N) is 1. The first kappa shape index (κ1) is 13.6. The zero-order chi connectivity index (χ0) is 14.7. The molecule has 0 saturated heterocycles. The molecule has 4 nitrogen and oxygen atoms in total. The normalized spacial score (nSPS) is 11.0. The van der Waals surface area contributed by atoms with Crippen LogP contribution >= 0.6 is 0 Å². The van der Waals surface area contributed by atoms with Crippen molar-refractivity contribution in [2.24, 2.45) is 0 Å². The molecule has 0 saturated carbocycles. The van der Waals surface area contributed by atoms with Crippen molar-refractivity contribution in [3.8, 4) is 5.75 Å². The average Bonchev–Trinajstić information content (AvgIpc) is 2.90. The number of imidazole rings is 1. The van der Waals surface area contributed by atoms with Crippen molar-refractivity contribution in [2.45, 2.75) is 13.2 Å². The SMILES string of the molecule is CNCc1cccc(F)c1OCc1cn2ccccc2n1. The summed E-state index contributed by atoms with van der Waals surface area (Å²) in [5, 5.41) is 3.00. The van der Waals surface area contributed by atoms with E-state index in [0.717, 1.165) is 16.9 Å². The van der Waals surface area contributed by atoms with Gasteiger partial charge in [-0.2, -0.15) is 0 Å². The molecule has 21 heavy (non-hydrogen) atoms. The van der Waals surface area contributed by atoms with Crippen LogP contribution < -0.4 is 10.1 Å². The molecular weight excluding hydrogens is 269 g/mol. The molecule has 5 heteroatoms. The highest BCUT2D eigenvalue weighted by molar-refractivity contribution is 5.39. The summed E-state index contributed by atoms with van der Waals surface area (Å²) in [7, 11) is 1.82. The van der Waals surface area contributed by atoms with Crippen molar-refractivity contribution in [3.63, 3.8) is 0 Å². The predicted molar refractivity (Wildman–Crippen MR) is 78.7 cm³/mol. The number of benzene rings is 1. The van der Waals surface area contributed by atoms with Gasteiger partial charge in [-0.15, -0.1) is 0 Å². The van der Waals surface area contributed by atoms with E-state index in [1.807, 2.05) is 48.1 Å². The number of ether oxygens (including phenoxy) is 1. The van der Waals surface area contributed by atoms with Crippen molar-refractivity contribution in [1.29, 1.82) is 0 Å². The van der Waals surface area contributed by atoms with Gasteiger partial charge < -0.3 is 14.5 Å². The number of hydrogen-bond donors (Lipinski definition) is 1. The van der Waals surface area contributed by atoms with E-state index in [2.05, 4.69) is 10.3 Å². The second kappa shape index (κ2) is 5.93. The Morgan fingerprint density at radius 1 is 1.24 bits per heavy atom. The van der Waals surface area contributed by atoms with E-state index in [1.54, 1.807) is 6.07 Å². The fraction of sp³-hybridized carbons (Fsp3) is 0.188. The first-order valence-corrected chi connectivity index (χ1v) is 6.75. The summed E-state index contributed by atoms with van der Waals surface area (Å²) in [6.07, 6.45) is 3.80. The monoisotopic (exact) mass is 285 g/mol. The smallest absolute Gasteiger partial charge is 0.165 e. The fourth-order valence-corrected chi connectivity index (χ4v) is 2.25. The van der Waals surface area contributed by atoms with Gasteiger partial charge in [0.2, 0.25) is 0 Å². The van der Waals surface area contributed by atoms with Crippen LogP contribution in [0.25, 0.3) is 5.65 Å². The van der Waals surface area contributed by atoms with Gasteiger partial charge in [0.15, 0.2) is 11.6 Å². The maximum atomic E-state index is 13.9. The molecule has 2 heterocycles. The predicted octanol–water partition coefficient (Wildman–Crippen LogP) is 2.77. The van der Waals surface area contributed by atoms with Gasteiger partial charge in [-0.3, -0.25) is 0 Å². The molecule has 2 aromatic heterocycles.